The molecule has 0 bridgehead atoms. The fraction of sp³-hybridized carbons (Fsp3) is 0.385. The fourth-order valence-corrected chi connectivity index (χ4v) is 1.68. The van der Waals surface area contributed by atoms with E-state index in [9.17, 15) is 19.7 Å². The van der Waals surface area contributed by atoms with Crippen molar-refractivity contribution in [1.82, 2.24) is 5.32 Å². The number of carboxylic acids is 1. The zero-order chi connectivity index (χ0) is 15.6. The topological polar surface area (TPSA) is 119 Å². The molecular weight excluding hydrogens is 280 g/mol. The van der Waals surface area contributed by atoms with Crippen molar-refractivity contribution in [3.63, 3.8) is 0 Å². The second-order valence-electron chi connectivity index (χ2n) is 4.79. The minimum absolute atomic E-state index is 0.142. The highest BCUT2D eigenvalue weighted by atomic mass is 16.6. The average Bonchev–Trinajstić information content (AvgIpc) is 3.22. The third-order valence-corrected chi connectivity index (χ3v) is 3.00. The minimum Gasteiger partial charge on any atom is -0.478 e. The van der Waals surface area contributed by atoms with Gasteiger partial charge in [0.15, 0.2) is 11.9 Å². The number of nitrogens with zero attached hydrogens (tertiary/aromatic N) is 1. The van der Waals surface area contributed by atoms with Gasteiger partial charge >= 0.3 is 11.7 Å². The Balaban J connectivity index is 2.19. The quantitative estimate of drug-likeness (QED) is 0.603. The van der Waals surface area contributed by atoms with Crippen LogP contribution in [0.5, 0.6) is 5.75 Å². The molecule has 1 amide bonds. The van der Waals surface area contributed by atoms with E-state index in [0.29, 0.717) is 0 Å². The third kappa shape index (κ3) is 3.68. The minimum atomic E-state index is -1.23. The molecule has 0 spiro atoms. The number of ether oxygens (including phenoxy) is 1. The molecule has 0 saturated heterocycles. The molecule has 1 aliphatic rings. The van der Waals surface area contributed by atoms with E-state index in [1.54, 1.807) is 0 Å². The van der Waals surface area contributed by atoms with Crippen LogP contribution in [0.4, 0.5) is 5.69 Å². The van der Waals surface area contributed by atoms with Crippen molar-refractivity contribution in [3.8, 4) is 5.75 Å². The van der Waals surface area contributed by atoms with Crippen molar-refractivity contribution in [3.05, 3.63) is 33.9 Å². The van der Waals surface area contributed by atoms with E-state index < -0.39 is 17.0 Å². The number of benzene rings is 1. The number of carbonyl (C=O) groups excluding carboxylic acids is 1. The molecule has 1 aliphatic carbocycles. The van der Waals surface area contributed by atoms with Gasteiger partial charge < -0.3 is 15.2 Å². The molecule has 112 valence electrons. The van der Waals surface area contributed by atoms with Gasteiger partial charge in [-0.25, -0.2) is 4.79 Å². The summed E-state index contributed by atoms with van der Waals surface area (Å²) in [6.45, 7) is 1.45. The highest BCUT2D eigenvalue weighted by Crippen LogP contribution is 2.29. The monoisotopic (exact) mass is 294 g/mol. The molecule has 2 N–H and O–H groups in total. The summed E-state index contributed by atoms with van der Waals surface area (Å²) >= 11 is 0. The van der Waals surface area contributed by atoms with Crippen LogP contribution in [0, 0.1) is 10.1 Å². The third-order valence-electron chi connectivity index (χ3n) is 3.00. The highest BCUT2D eigenvalue weighted by Gasteiger charge is 2.28. The molecule has 1 atom stereocenters. The predicted octanol–water partition coefficient (Wildman–Crippen LogP) is 1.34. The zero-order valence-corrected chi connectivity index (χ0v) is 11.2. The summed E-state index contributed by atoms with van der Waals surface area (Å²) in [6, 6.07) is 3.34. The van der Waals surface area contributed by atoms with Gasteiger partial charge in [0.2, 0.25) is 0 Å². The largest absolute Gasteiger partial charge is 0.478 e. The summed E-state index contributed by atoms with van der Waals surface area (Å²) in [5, 5.41) is 22.5. The molecule has 8 nitrogen and oxygen atoms in total. The number of carboxylic acid groups (broad SMARTS) is 1. The van der Waals surface area contributed by atoms with Crippen LogP contribution in [0.3, 0.4) is 0 Å². The second kappa shape index (κ2) is 5.78. The summed E-state index contributed by atoms with van der Waals surface area (Å²) in [5.74, 6) is -1.85. The number of carbonyl (C=O) groups is 2. The Kier molecular flexibility index (Phi) is 4.06. The van der Waals surface area contributed by atoms with Crippen LogP contribution in [0.25, 0.3) is 0 Å². The number of rotatable bonds is 6. The summed E-state index contributed by atoms with van der Waals surface area (Å²) in [7, 11) is 0. The average molecular weight is 294 g/mol. The van der Waals surface area contributed by atoms with E-state index in [1.807, 2.05) is 0 Å². The molecule has 0 aliphatic heterocycles. The van der Waals surface area contributed by atoms with Gasteiger partial charge in [0, 0.05) is 18.2 Å². The van der Waals surface area contributed by atoms with Gasteiger partial charge in [0.1, 0.15) is 0 Å². The lowest BCUT2D eigenvalue weighted by atomic mass is 10.2. The number of nitrogens with one attached hydrogen (secondary N) is 1. The lowest BCUT2D eigenvalue weighted by Crippen LogP contribution is -2.37. The van der Waals surface area contributed by atoms with E-state index in [2.05, 4.69) is 5.32 Å². The van der Waals surface area contributed by atoms with Crippen LogP contribution in [0.2, 0.25) is 0 Å². The number of amides is 1. The van der Waals surface area contributed by atoms with Crippen LogP contribution < -0.4 is 10.1 Å². The van der Waals surface area contributed by atoms with Gasteiger partial charge in [-0.2, -0.15) is 0 Å². The molecule has 0 aromatic heterocycles. The van der Waals surface area contributed by atoms with Crippen molar-refractivity contribution >= 4 is 17.6 Å². The number of aromatic carboxylic acids is 1. The number of nitro groups is 1. The molecular formula is C13H14N2O6. The number of hydrogen-bond acceptors (Lipinski definition) is 5. The smallest absolute Gasteiger partial charge is 0.335 e. The maximum atomic E-state index is 11.8. The van der Waals surface area contributed by atoms with E-state index in [-0.39, 0.29) is 28.9 Å². The Morgan fingerprint density at radius 1 is 1.48 bits per heavy atom. The maximum absolute atomic E-state index is 11.8. The van der Waals surface area contributed by atoms with Gasteiger partial charge in [0.25, 0.3) is 5.91 Å². The van der Waals surface area contributed by atoms with Crippen LogP contribution in [0.15, 0.2) is 18.2 Å². The van der Waals surface area contributed by atoms with Crippen LogP contribution >= 0.6 is 0 Å². The predicted molar refractivity (Wildman–Crippen MR) is 71.3 cm³/mol. The van der Waals surface area contributed by atoms with Gasteiger partial charge in [-0.05, 0) is 25.8 Å². The molecule has 21 heavy (non-hydrogen) atoms. The molecule has 1 aromatic carbocycles. The zero-order valence-electron chi connectivity index (χ0n) is 11.2. The molecule has 1 saturated carbocycles. The fourth-order valence-electron chi connectivity index (χ4n) is 1.68. The van der Waals surface area contributed by atoms with Crippen molar-refractivity contribution in [2.45, 2.75) is 31.9 Å². The summed E-state index contributed by atoms with van der Waals surface area (Å²) < 4.78 is 5.27. The highest BCUT2D eigenvalue weighted by molar-refractivity contribution is 5.89. The van der Waals surface area contributed by atoms with E-state index in [0.717, 1.165) is 31.0 Å². The molecule has 1 unspecified atom stereocenters. The Labute approximate surface area is 119 Å². The van der Waals surface area contributed by atoms with Crippen molar-refractivity contribution < 1.29 is 24.4 Å². The van der Waals surface area contributed by atoms with Gasteiger partial charge in [-0.15, -0.1) is 0 Å². The second-order valence-corrected chi connectivity index (χ2v) is 4.79. The van der Waals surface area contributed by atoms with Crippen molar-refractivity contribution in [2.75, 3.05) is 0 Å². The maximum Gasteiger partial charge on any atom is 0.335 e. The van der Waals surface area contributed by atoms with Crippen LogP contribution in [0.1, 0.15) is 30.1 Å². The van der Waals surface area contributed by atoms with E-state index in [4.69, 9.17) is 9.84 Å². The number of nitro benzene ring substituents is 1. The first-order valence-electron chi connectivity index (χ1n) is 6.37. The number of hydrogen-bond donors (Lipinski definition) is 2. The van der Waals surface area contributed by atoms with Crippen molar-refractivity contribution in [1.29, 1.82) is 0 Å². The van der Waals surface area contributed by atoms with Gasteiger partial charge in [-0.3, -0.25) is 14.9 Å². The molecule has 8 heteroatoms. The summed E-state index contributed by atoms with van der Waals surface area (Å²) in [4.78, 5) is 32.9. The first kappa shape index (κ1) is 14.8. The molecule has 1 fully saturated rings. The lowest BCUT2D eigenvalue weighted by Gasteiger charge is -2.14. The Morgan fingerprint density at radius 3 is 2.67 bits per heavy atom. The van der Waals surface area contributed by atoms with Crippen LogP contribution in [-0.2, 0) is 4.79 Å². The first-order chi connectivity index (χ1) is 9.88. The Hall–Kier alpha value is -2.64. The Bertz CT molecular complexity index is 596. The van der Waals surface area contributed by atoms with Crippen LogP contribution in [-0.4, -0.2) is 34.1 Å². The summed E-state index contributed by atoms with van der Waals surface area (Å²) in [5.41, 5.74) is -0.531. The van der Waals surface area contributed by atoms with E-state index in [1.165, 1.54) is 6.92 Å². The molecule has 2 rings (SSSR count). The lowest BCUT2D eigenvalue weighted by molar-refractivity contribution is -0.386. The molecule has 0 heterocycles. The SMILES string of the molecule is CC(Oc1cc(C(=O)O)ccc1[N+](=O)[O-])C(=O)NC1CC1. The first-order valence-corrected chi connectivity index (χ1v) is 6.37. The summed E-state index contributed by atoms with van der Waals surface area (Å²) in [6.07, 6.45) is 0.869. The normalized spacial score (nSPS) is 15.1. The standard InChI is InChI=1S/C13H14N2O6/c1-7(12(16)14-9-3-4-9)21-11-6-8(13(17)18)2-5-10(11)15(19)20/h2,5-7,9H,3-4H2,1H3,(H,14,16)(H,17,18). The van der Waals surface area contributed by atoms with Crippen molar-refractivity contribution in [2.24, 2.45) is 0 Å². The van der Waals surface area contributed by atoms with Gasteiger partial charge in [-0.1, -0.05) is 0 Å². The molecule has 0 radical (unpaired) electrons. The van der Waals surface area contributed by atoms with Gasteiger partial charge in [0.05, 0.1) is 10.5 Å². The Morgan fingerprint density at radius 2 is 2.14 bits per heavy atom. The van der Waals surface area contributed by atoms with E-state index >= 15 is 0 Å². The molecule has 1 aromatic rings.